The Morgan fingerprint density at radius 3 is 2.53 bits per heavy atom. The van der Waals surface area contributed by atoms with Crippen molar-refractivity contribution in [2.75, 3.05) is 11.9 Å². The number of aliphatic hydroxyl groups excluding tert-OH is 1. The topological polar surface area (TPSA) is 100 Å². The third kappa shape index (κ3) is 6.07. The van der Waals surface area contributed by atoms with Gasteiger partial charge in [0.05, 0.1) is 5.69 Å². The summed E-state index contributed by atoms with van der Waals surface area (Å²) >= 11 is 0. The van der Waals surface area contributed by atoms with Crippen molar-refractivity contribution in [1.82, 2.24) is 5.32 Å². The maximum Gasteiger partial charge on any atom is 0.268 e. The Hall–Kier alpha value is -3.55. The average Bonchev–Trinajstić information content (AvgIpc) is 2.83. The zero-order chi connectivity index (χ0) is 24.1. The molecule has 1 aliphatic rings. The number of ether oxygens (including phenoxy) is 2. The number of carbonyl (C=O) groups is 1. The van der Waals surface area contributed by atoms with E-state index in [0.29, 0.717) is 30.2 Å². The number of nitrogens with one attached hydrogen (secondary N) is 2. The number of amides is 1. The fourth-order valence-corrected chi connectivity index (χ4v) is 3.86. The van der Waals surface area contributed by atoms with E-state index in [9.17, 15) is 15.0 Å². The van der Waals surface area contributed by atoms with E-state index in [2.05, 4.69) is 10.6 Å². The number of hydrogen-bond acceptors (Lipinski definition) is 6. The highest BCUT2D eigenvalue weighted by atomic mass is 16.5. The predicted molar refractivity (Wildman–Crippen MR) is 130 cm³/mol. The summed E-state index contributed by atoms with van der Waals surface area (Å²) in [4.78, 5) is 12.6. The van der Waals surface area contributed by atoms with E-state index < -0.39 is 18.1 Å². The van der Waals surface area contributed by atoms with Crippen LogP contribution < -0.4 is 20.1 Å². The molecule has 3 aromatic carbocycles. The molecule has 178 valence electrons. The van der Waals surface area contributed by atoms with Crippen LogP contribution in [0.25, 0.3) is 0 Å². The smallest absolute Gasteiger partial charge is 0.268 e. The van der Waals surface area contributed by atoms with Crippen LogP contribution in [-0.4, -0.2) is 40.4 Å². The van der Waals surface area contributed by atoms with Crippen molar-refractivity contribution in [3.8, 4) is 17.2 Å². The molecule has 0 aliphatic carbocycles. The normalized spacial score (nSPS) is 16.2. The molecule has 3 aromatic rings. The summed E-state index contributed by atoms with van der Waals surface area (Å²) in [6.07, 6.45) is -1.38. The van der Waals surface area contributed by atoms with Crippen LogP contribution in [0.4, 0.5) is 5.69 Å². The lowest BCUT2D eigenvalue weighted by Gasteiger charge is -2.32. The van der Waals surface area contributed by atoms with Gasteiger partial charge in [0.25, 0.3) is 5.91 Å². The molecule has 4 N–H and O–H groups in total. The second kappa shape index (κ2) is 10.2. The minimum Gasteiger partial charge on any atom is -0.508 e. The van der Waals surface area contributed by atoms with Crippen LogP contribution in [0, 0.1) is 0 Å². The number of phenols is 1. The monoisotopic (exact) mass is 462 g/mol. The largest absolute Gasteiger partial charge is 0.508 e. The van der Waals surface area contributed by atoms with Gasteiger partial charge >= 0.3 is 0 Å². The van der Waals surface area contributed by atoms with Crippen molar-refractivity contribution in [3.05, 3.63) is 83.9 Å². The number of phenolic OH excluding ortho intramolecular Hbond substituents is 1. The van der Waals surface area contributed by atoms with Crippen molar-refractivity contribution < 1.29 is 24.5 Å². The van der Waals surface area contributed by atoms with Gasteiger partial charge in [-0.1, -0.05) is 42.5 Å². The van der Waals surface area contributed by atoms with Crippen molar-refractivity contribution >= 4 is 11.6 Å². The Kier molecular flexibility index (Phi) is 7.05. The van der Waals surface area contributed by atoms with Gasteiger partial charge in [-0.2, -0.15) is 0 Å². The van der Waals surface area contributed by atoms with Crippen LogP contribution in [0.15, 0.2) is 72.8 Å². The van der Waals surface area contributed by atoms with Crippen LogP contribution in [0.1, 0.15) is 25.0 Å². The molecule has 7 nitrogen and oxygen atoms in total. The molecular formula is C27H30N2O5. The molecule has 0 saturated heterocycles. The van der Waals surface area contributed by atoms with Crippen molar-refractivity contribution in [3.63, 3.8) is 0 Å². The first-order chi connectivity index (χ1) is 16.3. The Balaban J connectivity index is 1.33. The van der Waals surface area contributed by atoms with Crippen LogP contribution in [0.3, 0.4) is 0 Å². The minimum absolute atomic E-state index is 0.177. The molecule has 2 unspecified atom stereocenters. The standard InChI is InChI=1S/C27H30N2O5/c1-27(2,15-18-8-10-20(30)11-9-18)28-16-23(31)25-26(32)29-22-14-21(12-13-24(22)34-25)33-17-19-6-4-3-5-7-19/h3-14,23,25,28,30-31H,15-17H2,1-2H3,(H,29,32). The van der Waals surface area contributed by atoms with Gasteiger partial charge in [0.15, 0.2) is 0 Å². The van der Waals surface area contributed by atoms with Crippen molar-refractivity contribution in [1.29, 1.82) is 0 Å². The van der Waals surface area contributed by atoms with Gasteiger partial charge < -0.3 is 30.3 Å². The number of fused-ring (bicyclic) bond motifs is 1. The maximum atomic E-state index is 12.6. The van der Waals surface area contributed by atoms with E-state index in [4.69, 9.17) is 9.47 Å². The van der Waals surface area contributed by atoms with Gasteiger partial charge in [-0.05, 0) is 55.7 Å². The van der Waals surface area contributed by atoms with Crippen LogP contribution >= 0.6 is 0 Å². The van der Waals surface area contributed by atoms with Gasteiger partial charge in [-0.15, -0.1) is 0 Å². The first-order valence-electron chi connectivity index (χ1n) is 11.3. The van der Waals surface area contributed by atoms with E-state index in [1.54, 1.807) is 30.3 Å². The second-order valence-electron chi connectivity index (χ2n) is 9.14. The third-order valence-corrected chi connectivity index (χ3v) is 5.69. The highest BCUT2D eigenvalue weighted by Gasteiger charge is 2.35. The second-order valence-corrected chi connectivity index (χ2v) is 9.14. The van der Waals surface area contributed by atoms with Gasteiger partial charge in [0, 0.05) is 18.2 Å². The molecule has 1 heterocycles. The highest BCUT2D eigenvalue weighted by Crippen LogP contribution is 2.34. The first-order valence-corrected chi connectivity index (χ1v) is 11.3. The van der Waals surface area contributed by atoms with Crippen molar-refractivity contribution in [2.24, 2.45) is 0 Å². The predicted octanol–water partition coefficient (Wildman–Crippen LogP) is 3.64. The highest BCUT2D eigenvalue weighted by molar-refractivity contribution is 5.98. The van der Waals surface area contributed by atoms with E-state index in [0.717, 1.165) is 11.1 Å². The number of benzene rings is 3. The Labute approximate surface area is 199 Å². The third-order valence-electron chi connectivity index (χ3n) is 5.69. The molecule has 7 heteroatoms. The summed E-state index contributed by atoms with van der Waals surface area (Å²) in [5, 5.41) is 26.3. The average molecular weight is 463 g/mol. The molecule has 0 aromatic heterocycles. The Bertz CT molecular complexity index is 1120. The lowest BCUT2D eigenvalue weighted by molar-refractivity contribution is -0.128. The number of anilines is 1. The molecule has 2 atom stereocenters. The van der Waals surface area contributed by atoms with Crippen LogP contribution in [0.5, 0.6) is 17.2 Å². The summed E-state index contributed by atoms with van der Waals surface area (Å²) in [6, 6.07) is 22.1. The molecule has 0 radical (unpaired) electrons. The molecule has 1 amide bonds. The molecule has 0 spiro atoms. The molecular weight excluding hydrogens is 432 g/mol. The first kappa shape index (κ1) is 23.6. The summed E-state index contributed by atoms with van der Waals surface area (Å²) in [5.74, 6) is 0.918. The number of aromatic hydroxyl groups is 1. The minimum atomic E-state index is -1.04. The molecule has 0 fully saturated rings. The van der Waals surface area contributed by atoms with E-state index >= 15 is 0 Å². The fourth-order valence-electron chi connectivity index (χ4n) is 3.86. The Morgan fingerprint density at radius 2 is 1.79 bits per heavy atom. The zero-order valence-electron chi connectivity index (χ0n) is 19.3. The summed E-state index contributed by atoms with van der Waals surface area (Å²) < 4.78 is 11.7. The number of hydrogen-bond donors (Lipinski definition) is 4. The number of rotatable bonds is 9. The summed E-state index contributed by atoms with van der Waals surface area (Å²) in [7, 11) is 0. The molecule has 4 rings (SSSR count). The summed E-state index contributed by atoms with van der Waals surface area (Å²) in [6.45, 7) is 4.62. The number of β-amino-alcohol motifs (C(OH)–C–C–N with tert-alkyl or cyclic N) is 1. The molecule has 0 saturated carbocycles. The maximum absolute atomic E-state index is 12.6. The molecule has 34 heavy (non-hydrogen) atoms. The lowest BCUT2D eigenvalue weighted by atomic mass is 9.94. The number of carbonyl (C=O) groups excluding carboxylic acids is 1. The SMILES string of the molecule is CC(C)(Cc1ccc(O)cc1)NCC(O)C1Oc2ccc(OCc3ccccc3)cc2NC1=O. The van der Waals surface area contributed by atoms with E-state index in [1.165, 1.54) is 0 Å². The van der Waals surface area contributed by atoms with Crippen LogP contribution in [0.2, 0.25) is 0 Å². The van der Waals surface area contributed by atoms with Crippen LogP contribution in [-0.2, 0) is 17.8 Å². The van der Waals surface area contributed by atoms with E-state index in [-0.39, 0.29) is 17.8 Å². The molecule has 0 bridgehead atoms. The van der Waals surface area contributed by atoms with Crippen molar-refractivity contribution in [2.45, 2.75) is 44.6 Å². The fraction of sp³-hybridized carbons (Fsp3) is 0.296. The Morgan fingerprint density at radius 1 is 1.06 bits per heavy atom. The zero-order valence-corrected chi connectivity index (χ0v) is 19.3. The van der Waals surface area contributed by atoms with Gasteiger partial charge in [-0.3, -0.25) is 4.79 Å². The summed E-state index contributed by atoms with van der Waals surface area (Å²) in [5.41, 5.74) is 2.27. The van der Waals surface area contributed by atoms with Gasteiger partial charge in [-0.25, -0.2) is 0 Å². The number of aliphatic hydroxyl groups is 1. The van der Waals surface area contributed by atoms with Gasteiger partial charge in [0.1, 0.15) is 30.0 Å². The van der Waals surface area contributed by atoms with Gasteiger partial charge in [0.2, 0.25) is 6.10 Å². The quantitative estimate of drug-likeness (QED) is 0.387. The lowest BCUT2D eigenvalue weighted by Crippen LogP contribution is -2.53. The van der Waals surface area contributed by atoms with E-state index in [1.807, 2.05) is 56.3 Å². The molecule has 1 aliphatic heterocycles.